The van der Waals surface area contributed by atoms with Gasteiger partial charge in [0.2, 0.25) is 0 Å². The van der Waals surface area contributed by atoms with Gasteiger partial charge in [-0.05, 0) is 20.8 Å². The third-order valence-electron chi connectivity index (χ3n) is 0.637. The second-order valence-corrected chi connectivity index (χ2v) is 4.09. The van der Waals surface area contributed by atoms with Crippen molar-refractivity contribution in [2.75, 3.05) is 6.61 Å². The number of rotatable bonds is 3. The Morgan fingerprint density at radius 3 is 2.00 bits per heavy atom. The monoisotopic (exact) mass is 220 g/mol. The Bertz CT molecular complexity index is 185. The van der Waals surface area contributed by atoms with E-state index in [1.165, 1.54) is 0 Å². The topological polar surface area (TPSA) is 35.5 Å². The molecule has 0 rings (SSSR count). The largest absolute Gasteiger partial charge is 0.413 e. The average molecular weight is 220 g/mol. The van der Waals surface area contributed by atoms with Gasteiger partial charge >= 0.3 is 17.5 Å². The zero-order chi connectivity index (χ0) is 10.7. The first kappa shape index (κ1) is 12.9. The van der Waals surface area contributed by atoms with Crippen LogP contribution in [0.2, 0.25) is 0 Å². The van der Waals surface area contributed by atoms with E-state index >= 15 is 0 Å². The third-order valence-corrected chi connectivity index (χ3v) is 1.58. The number of halogens is 3. The molecule has 80 valence electrons. The summed E-state index contributed by atoms with van der Waals surface area (Å²) < 4.78 is 53.8. The van der Waals surface area contributed by atoms with Crippen molar-refractivity contribution < 1.29 is 25.7 Å². The minimum absolute atomic E-state index is 0.795. The maximum Gasteiger partial charge on any atom is 0.413 e. The van der Waals surface area contributed by atoms with Crippen molar-refractivity contribution in [3.8, 4) is 0 Å². The summed E-state index contributed by atoms with van der Waals surface area (Å²) in [6.07, 6.45) is -4.49. The van der Waals surface area contributed by atoms with Crippen LogP contribution in [0.1, 0.15) is 20.8 Å². The van der Waals surface area contributed by atoms with E-state index in [0.29, 0.717) is 0 Å². The highest BCUT2D eigenvalue weighted by atomic mass is 32.2. The van der Waals surface area contributed by atoms with Crippen molar-refractivity contribution in [1.29, 1.82) is 0 Å². The second-order valence-electron chi connectivity index (χ2n) is 3.28. The van der Waals surface area contributed by atoms with Crippen molar-refractivity contribution in [2.24, 2.45) is 0 Å². The summed E-state index contributed by atoms with van der Waals surface area (Å²) >= 11 is -2.36. The summed E-state index contributed by atoms with van der Waals surface area (Å²) in [6.45, 7) is 3.10. The summed E-state index contributed by atoms with van der Waals surface area (Å²) in [5.74, 6) is 0. The Hall–Kier alpha value is -0.140. The van der Waals surface area contributed by atoms with Gasteiger partial charge < -0.3 is 0 Å². The van der Waals surface area contributed by atoms with Gasteiger partial charge in [-0.15, -0.1) is 0 Å². The molecule has 0 aromatic heterocycles. The van der Waals surface area contributed by atoms with Gasteiger partial charge in [-0.2, -0.15) is 17.4 Å². The smallest absolute Gasteiger partial charge is 0.263 e. The Labute approximate surface area is 77.1 Å². The van der Waals surface area contributed by atoms with Crippen LogP contribution in [0.5, 0.6) is 0 Å². The molecule has 1 atom stereocenters. The maximum absolute atomic E-state index is 11.5. The molecule has 0 aromatic carbocycles. The molecule has 7 heteroatoms. The van der Waals surface area contributed by atoms with E-state index in [9.17, 15) is 17.4 Å². The second kappa shape index (κ2) is 4.39. The predicted molar refractivity (Wildman–Crippen MR) is 41.0 cm³/mol. The third kappa shape index (κ3) is 9.78. The van der Waals surface area contributed by atoms with E-state index in [1.807, 2.05) is 0 Å². The summed E-state index contributed by atoms with van der Waals surface area (Å²) in [7, 11) is 0. The Morgan fingerprint density at radius 2 is 1.69 bits per heavy atom. The zero-order valence-corrected chi connectivity index (χ0v) is 8.29. The molecule has 1 unspecified atom stereocenters. The van der Waals surface area contributed by atoms with E-state index in [4.69, 9.17) is 0 Å². The molecule has 0 aliphatic rings. The van der Waals surface area contributed by atoms with Gasteiger partial charge in [0.05, 0.1) is 5.60 Å². The van der Waals surface area contributed by atoms with Crippen LogP contribution in [0.25, 0.3) is 0 Å². The van der Waals surface area contributed by atoms with Crippen LogP contribution in [0.3, 0.4) is 0 Å². The van der Waals surface area contributed by atoms with E-state index in [-0.39, 0.29) is 0 Å². The average Bonchev–Trinajstić information content (AvgIpc) is 1.78. The minimum atomic E-state index is -4.49. The van der Waals surface area contributed by atoms with Gasteiger partial charge in [-0.1, -0.05) is 0 Å². The standard InChI is InChI=1S/C6H11F3O3S/c1-5(2,3)12-13(10)11-4-6(7,8)9/h4H2,1-3H3. The maximum atomic E-state index is 11.5. The molecule has 0 aliphatic carbocycles. The highest BCUT2D eigenvalue weighted by Gasteiger charge is 2.30. The first-order valence-corrected chi connectivity index (χ1v) is 4.41. The molecule has 0 radical (unpaired) electrons. The first-order valence-electron chi connectivity index (χ1n) is 3.41. The summed E-state index contributed by atoms with van der Waals surface area (Å²) in [4.78, 5) is 0. The molecule has 0 heterocycles. The van der Waals surface area contributed by atoms with E-state index in [0.717, 1.165) is 0 Å². The summed E-state index contributed by atoms with van der Waals surface area (Å²) in [6, 6.07) is 0. The van der Waals surface area contributed by atoms with Gasteiger partial charge in [-0.3, -0.25) is 8.37 Å². The Balaban J connectivity index is 3.78. The molecule has 0 spiro atoms. The van der Waals surface area contributed by atoms with Crippen LogP contribution < -0.4 is 0 Å². The SMILES string of the molecule is CC(C)(C)OS(=O)OCC(F)(F)F. The van der Waals surface area contributed by atoms with Gasteiger partial charge in [0.1, 0.15) is 0 Å². The fraction of sp³-hybridized carbons (Fsp3) is 1.00. The molecule has 3 nitrogen and oxygen atoms in total. The van der Waals surface area contributed by atoms with Gasteiger partial charge in [0, 0.05) is 0 Å². The number of hydrogen-bond donors (Lipinski definition) is 0. The summed E-state index contributed by atoms with van der Waals surface area (Å²) in [5.41, 5.74) is -0.795. The molecule has 0 saturated carbocycles. The predicted octanol–water partition coefficient (Wildman–Crippen LogP) is 1.96. The molecule has 13 heavy (non-hydrogen) atoms. The quantitative estimate of drug-likeness (QED) is 0.729. The van der Waals surface area contributed by atoms with Crippen LogP contribution in [-0.4, -0.2) is 22.6 Å². The van der Waals surface area contributed by atoms with E-state index in [2.05, 4.69) is 8.37 Å². The van der Waals surface area contributed by atoms with Crippen molar-refractivity contribution >= 4 is 11.4 Å². The molecule has 0 aliphatic heterocycles. The lowest BCUT2D eigenvalue weighted by atomic mass is 10.2. The summed E-state index contributed by atoms with van der Waals surface area (Å²) in [5, 5.41) is 0. The number of hydrogen-bond acceptors (Lipinski definition) is 3. The van der Waals surface area contributed by atoms with Gasteiger partial charge in [0.25, 0.3) is 0 Å². The number of alkyl halides is 3. The van der Waals surface area contributed by atoms with Crippen LogP contribution in [0.15, 0.2) is 0 Å². The van der Waals surface area contributed by atoms with Crippen LogP contribution in [0.4, 0.5) is 13.2 Å². The van der Waals surface area contributed by atoms with Gasteiger partial charge in [-0.25, -0.2) is 0 Å². The lowest BCUT2D eigenvalue weighted by Crippen LogP contribution is -2.25. The molecule has 0 fully saturated rings. The molecule has 0 bridgehead atoms. The highest BCUT2D eigenvalue weighted by Crippen LogP contribution is 2.17. The molecule has 0 N–H and O–H groups in total. The zero-order valence-electron chi connectivity index (χ0n) is 7.47. The van der Waals surface area contributed by atoms with Gasteiger partial charge in [0.15, 0.2) is 6.61 Å². The molecular weight excluding hydrogens is 209 g/mol. The van der Waals surface area contributed by atoms with Crippen molar-refractivity contribution in [3.63, 3.8) is 0 Å². The lowest BCUT2D eigenvalue weighted by molar-refractivity contribution is -0.153. The van der Waals surface area contributed by atoms with Crippen molar-refractivity contribution in [1.82, 2.24) is 0 Å². The Morgan fingerprint density at radius 1 is 1.23 bits per heavy atom. The van der Waals surface area contributed by atoms with Crippen LogP contribution >= 0.6 is 0 Å². The fourth-order valence-corrected chi connectivity index (χ4v) is 1.03. The van der Waals surface area contributed by atoms with Crippen LogP contribution in [-0.2, 0) is 19.7 Å². The normalized spacial score (nSPS) is 15.8. The molecular formula is C6H11F3O3S. The van der Waals surface area contributed by atoms with Crippen molar-refractivity contribution in [2.45, 2.75) is 32.5 Å². The van der Waals surface area contributed by atoms with E-state index < -0.39 is 29.7 Å². The van der Waals surface area contributed by atoms with E-state index in [1.54, 1.807) is 20.8 Å². The molecule has 0 aromatic rings. The Kier molecular flexibility index (Phi) is 4.34. The fourth-order valence-electron chi connectivity index (χ4n) is 0.343. The minimum Gasteiger partial charge on any atom is -0.263 e. The highest BCUT2D eigenvalue weighted by molar-refractivity contribution is 7.75. The molecule has 0 saturated heterocycles. The van der Waals surface area contributed by atoms with Crippen LogP contribution in [0, 0.1) is 0 Å². The van der Waals surface area contributed by atoms with Crippen molar-refractivity contribution in [3.05, 3.63) is 0 Å². The molecule has 0 amide bonds. The first-order chi connectivity index (χ1) is 5.60. The lowest BCUT2D eigenvalue weighted by Gasteiger charge is -2.17.